The normalized spacial score (nSPS) is 12.3. The number of fused-ring (bicyclic) bond motifs is 1. The van der Waals surface area contributed by atoms with Gasteiger partial charge in [0.1, 0.15) is 11.9 Å². The number of nitrogens with one attached hydrogen (secondary N) is 3. The first-order valence-electron chi connectivity index (χ1n) is 6.12. The van der Waals surface area contributed by atoms with Crippen LogP contribution in [0.5, 0.6) is 0 Å². The van der Waals surface area contributed by atoms with Gasteiger partial charge in [0.05, 0.1) is 11.6 Å². The summed E-state index contributed by atoms with van der Waals surface area (Å²) in [6.07, 6.45) is 2.57. The minimum absolute atomic E-state index is 0.446. The first kappa shape index (κ1) is 13.1. The zero-order chi connectivity index (χ0) is 13.8. The van der Waals surface area contributed by atoms with Crippen molar-refractivity contribution in [2.24, 2.45) is 5.73 Å². The van der Waals surface area contributed by atoms with Gasteiger partial charge in [-0.2, -0.15) is 15.1 Å². The number of carbonyl (C=O) groups is 1. The van der Waals surface area contributed by atoms with Gasteiger partial charge in [-0.3, -0.25) is 9.89 Å². The SMILES string of the molecule is CCCNc1nc(NC(C)C(N)=O)c2cn[nH]c2n1. The van der Waals surface area contributed by atoms with E-state index in [4.69, 9.17) is 5.73 Å². The summed E-state index contributed by atoms with van der Waals surface area (Å²) in [6, 6.07) is -0.521. The molecule has 0 bridgehead atoms. The molecule has 0 aliphatic heterocycles. The molecule has 0 aromatic carbocycles. The van der Waals surface area contributed by atoms with Crippen LogP contribution in [0.1, 0.15) is 20.3 Å². The predicted octanol–water partition coefficient (Wildman–Crippen LogP) is 0.460. The minimum Gasteiger partial charge on any atom is -0.368 e. The third-order valence-corrected chi connectivity index (χ3v) is 2.62. The molecule has 19 heavy (non-hydrogen) atoms. The van der Waals surface area contributed by atoms with Crippen LogP contribution in [0.4, 0.5) is 11.8 Å². The van der Waals surface area contributed by atoms with Gasteiger partial charge in [-0.25, -0.2) is 0 Å². The van der Waals surface area contributed by atoms with E-state index in [1.807, 2.05) is 0 Å². The zero-order valence-corrected chi connectivity index (χ0v) is 10.9. The second-order valence-corrected chi connectivity index (χ2v) is 4.22. The number of nitrogens with zero attached hydrogens (tertiary/aromatic N) is 3. The van der Waals surface area contributed by atoms with Crippen LogP contribution in [0.2, 0.25) is 0 Å². The highest BCUT2D eigenvalue weighted by Crippen LogP contribution is 2.20. The van der Waals surface area contributed by atoms with Crippen LogP contribution in [0.3, 0.4) is 0 Å². The molecule has 0 radical (unpaired) electrons. The summed E-state index contributed by atoms with van der Waals surface area (Å²) in [5.41, 5.74) is 5.84. The molecule has 8 heteroatoms. The number of hydrogen-bond acceptors (Lipinski definition) is 6. The average Bonchev–Trinajstić information content (AvgIpc) is 2.84. The van der Waals surface area contributed by atoms with Crippen molar-refractivity contribution >= 4 is 28.7 Å². The highest BCUT2D eigenvalue weighted by molar-refractivity contribution is 5.90. The Kier molecular flexibility index (Phi) is 3.79. The molecule has 0 fully saturated rings. The molecular weight excluding hydrogens is 246 g/mol. The molecule has 1 atom stereocenters. The maximum atomic E-state index is 11.1. The Hall–Kier alpha value is -2.38. The first-order valence-corrected chi connectivity index (χ1v) is 6.12. The number of hydrogen-bond donors (Lipinski definition) is 4. The Bertz CT molecular complexity index is 579. The van der Waals surface area contributed by atoms with Crippen LogP contribution < -0.4 is 16.4 Å². The summed E-state index contributed by atoms with van der Waals surface area (Å²) in [6.45, 7) is 4.50. The maximum Gasteiger partial charge on any atom is 0.239 e. The van der Waals surface area contributed by atoms with Gasteiger partial charge in [0.15, 0.2) is 5.65 Å². The molecule has 0 spiro atoms. The molecule has 0 aliphatic carbocycles. The van der Waals surface area contributed by atoms with Gasteiger partial charge in [-0.1, -0.05) is 6.92 Å². The lowest BCUT2D eigenvalue weighted by Crippen LogP contribution is -2.32. The van der Waals surface area contributed by atoms with Crippen LogP contribution in [0.15, 0.2) is 6.20 Å². The van der Waals surface area contributed by atoms with E-state index in [2.05, 4.69) is 37.7 Å². The highest BCUT2D eigenvalue weighted by Gasteiger charge is 2.14. The molecule has 0 saturated heterocycles. The first-order chi connectivity index (χ1) is 9.11. The molecule has 2 rings (SSSR count). The van der Waals surface area contributed by atoms with E-state index < -0.39 is 11.9 Å². The fraction of sp³-hybridized carbons (Fsp3) is 0.455. The number of H-pyrrole nitrogens is 1. The van der Waals surface area contributed by atoms with E-state index in [1.165, 1.54) is 0 Å². The number of anilines is 2. The summed E-state index contributed by atoms with van der Waals surface area (Å²) in [5, 5.41) is 13.5. The van der Waals surface area contributed by atoms with Gasteiger partial charge < -0.3 is 16.4 Å². The second-order valence-electron chi connectivity index (χ2n) is 4.22. The number of amides is 1. The third-order valence-electron chi connectivity index (χ3n) is 2.62. The van der Waals surface area contributed by atoms with Gasteiger partial charge in [-0.05, 0) is 13.3 Å². The number of nitrogens with two attached hydrogens (primary N) is 1. The molecule has 2 aromatic heterocycles. The van der Waals surface area contributed by atoms with E-state index in [0.717, 1.165) is 18.4 Å². The third kappa shape index (κ3) is 2.90. The number of aromatic nitrogens is 4. The summed E-state index contributed by atoms with van der Waals surface area (Å²) in [7, 11) is 0. The maximum absolute atomic E-state index is 11.1. The number of rotatable bonds is 6. The van der Waals surface area contributed by atoms with Crippen molar-refractivity contribution in [3.05, 3.63) is 6.20 Å². The van der Waals surface area contributed by atoms with Crippen LogP contribution in [-0.4, -0.2) is 38.7 Å². The molecule has 2 heterocycles. The topological polar surface area (TPSA) is 122 Å². The van der Waals surface area contributed by atoms with Crippen molar-refractivity contribution in [1.29, 1.82) is 0 Å². The van der Waals surface area contributed by atoms with Gasteiger partial charge in [-0.15, -0.1) is 0 Å². The monoisotopic (exact) mass is 263 g/mol. The summed E-state index contributed by atoms with van der Waals surface area (Å²) < 4.78 is 0. The van der Waals surface area contributed by atoms with Crippen LogP contribution in [0, 0.1) is 0 Å². The lowest BCUT2D eigenvalue weighted by atomic mass is 10.3. The summed E-state index contributed by atoms with van der Waals surface area (Å²) in [4.78, 5) is 19.7. The van der Waals surface area contributed by atoms with Gasteiger partial charge in [0.2, 0.25) is 11.9 Å². The Balaban J connectivity index is 2.33. The fourth-order valence-electron chi connectivity index (χ4n) is 1.54. The lowest BCUT2D eigenvalue weighted by Gasteiger charge is -2.12. The fourth-order valence-corrected chi connectivity index (χ4v) is 1.54. The summed E-state index contributed by atoms with van der Waals surface area (Å²) >= 11 is 0. The van der Waals surface area contributed by atoms with Crippen molar-refractivity contribution < 1.29 is 4.79 Å². The smallest absolute Gasteiger partial charge is 0.239 e. The Morgan fingerprint density at radius 1 is 1.53 bits per heavy atom. The molecule has 1 unspecified atom stereocenters. The van der Waals surface area contributed by atoms with Gasteiger partial charge in [0, 0.05) is 6.54 Å². The van der Waals surface area contributed by atoms with E-state index in [1.54, 1.807) is 13.1 Å². The minimum atomic E-state index is -0.521. The Morgan fingerprint density at radius 3 is 3.00 bits per heavy atom. The highest BCUT2D eigenvalue weighted by atomic mass is 16.1. The number of primary amides is 1. The molecule has 102 valence electrons. The van der Waals surface area contributed by atoms with Crippen molar-refractivity contribution in [3.63, 3.8) is 0 Å². The number of aromatic amines is 1. The second kappa shape index (κ2) is 5.51. The van der Waals surface area contributed by atoms with E-state index in [0.29, 0.717) is 17.4 Å². The summed E-state index contributed by atoms with van der Waals surface area (Å²) in [5.74, 6) is 0.569. The molecule has 0 saturated carbocycles. The van der Waals surface area contributed by atoms with Crippen LogP contribution >= 0.6 is 0 Å². The van der Waals surface area contributed by atoms with Crippen LogP contribution in [-0.2, 0) is 4.79 Å². The van der Waals surface area contributed by atoms with E-state index in [-0.39, 0.29) is 0 Å². The molecule has 1 amide bonds. The van der Waals surface area contributed by atoms with E-state index in [9.17, 15) is 4.79 Å². The van der Waals surface area contributed by atoms with Crippen molar-refractivity contribution in [2.75, 3.05) is 17.2 Å². The van der Waals surface area contributed by atoms with Gasteiger partial charge >= 0.3 is 0 Å². The largest absolute Gasteiger partial charge is 0.368 e. The van der Waals surface area contributed by atoms with E-state index >= 15 is 0 Å². The molecule has 0 aliphatic rings. The lowest BCUT2D eigenvalue weighted by molar-refractivity contribution is -0.118. The van der Waals surface area contributed by atoms with Crippen molar-refractivity contribution in [3.8, 4) is 0 Å². The van der Waals surface area contributed by atoms with Crippen molar-refractivity contribution in [2.45, 2.75) is 26.3 Å². The Morgan fingerprint density at radius 2 is 2.32 bits per heavy atom. The average molecular weight is 263 g/mol. The standard InChI is InChI=1S/C11H17N7O/c1-3-4-13-11-16-9(15-6(2)8(12)19)7-5-14-18-10(7)17-11/h5-6H,3-4H2,1-2H3,(H2,12,19)(H3,13,14,15,16,17,18). The quantitative estimate of drug-likeness (QED) is 0.600. The van der Waals surface area contributed by atoms with Crippen LogP contribution in [0.25, 0.3) is 11.0 Å². The molecule has 5 N–H and O–H groups in total. The Labute approximate surface area is 110 Å². The molecule has 2 aromatic rings. The molecular formula is C11H17N7O. The van der Waals surface area contributed by atoms with Crippen molar-refractivity contribution in [1.82, 2.24) is 20.2 Å². The molecule has 8 nitrogen and oxygen atoms in total. The number of carbonyl (C=O) groups excluding carboxylic acids is 1. The zero-order valence-electron chi connectivity index (χ0n) is 10.9. The predicted molar refractivity (Wildman–Crippen MR) is 72.7 cm³/mol. The van der Waals surface area contributed by atoms with Gasteiger partial charge in [0.25, 0.3) is 0 Å².